The van der Waals surface area contributed by atoms with E-state index < -0.39 is 37.7 Å². The topological polar surface area (TPSA) is 122 Å². The lowest BCUT2D eigenvalue weighted by Gasteiger charge is -2.15. The number of halogens is 4. The molecule has 232 valence electrons. The van der Waals surface area contributed by atoms with E-state index in [1.807, 2.05) is 0 Å². The van der Waals surface area contributed by atoms with Crippen molar-refractivity contribution >= 4 is 31.0 Å². The van der Waals surface area contributed by atoms with Crippen molar-refractivity contribution in [1.29, 1.82) is 0 Å². The third-order valence-corrected chi connectivity index (χ3v) is 8.84. The molecule has 16 heteroatoms. The van der Waals surface area contributed by atoms with Crippen LogP contribution in [0.25, 0.3) is 11.2 Å². The first-order valence-electron chi connectivity index (χ1n) is 13.7. The Morgan fingerprint density at radius 3 is 2.70 bits per heavy atom. The van der Waals surface area contributed by atoms with E-state index in [2.05, 4.69) is 45.2 Å². The standard InChI is InChI=1S/C28H28F4N6O5Si/c1-44(2,3)9-8-40-14-41-38-13-35-23-25(38)33-12-34-26(23)42-16-5-7-20-17(11-16)21-22(24(21)43-20)37-27(39)36-15-4-6-19(29)18(10-15)28(30,31)32/h4-7,10-13,21-22,24H,8-9,14H2,1-3H3,(H2,36,37,39)/t21-,22-,24-/m0/s1. The molecule has 1 fully saturated rings. The molecule has 11 nitrogen and oxygen atoms in total. The summed E-state index contributed by atoms with van der Waals surface area (Å²) >= 11 is 0. The molecule has 0 saturated heterocycles. The average molecular weight is 633 g/mol. The van der Waals surface area contributed by atoms with Crippen LogP contribution in [0.1, 0.15) is 17.0 Å². The van der Waals surface area contributed by atoms with Crippen LogP contribution in [0.3, 0.4) is 0 Å². The van der Waals surface area contributed by atoms with Crippen molar-refractivity contribution in [3.63, 3.8) is 0 Å². The largest absolute Gasteiger partial charge is 0.487 e. The minimum Gasteiger partial charge on any atom is -0.487 e. The van der Waals surface area contributed by atoms with Crippen LogP contribution in [0.2, 0.25) is 25.7 Å². The van der Waals surface area contributed by atoms with Gasteiger partial charge in [0.15, 0.2) is 5.52 Å². The van der Waals surface area contributed by atoms with Crippen molar-refractivity contribution < 1.29 is 41.4 Å². The molecule has 0 unspecified atom stereocenters. The molecule has 0 radical (unpaired) electrons. The molecule has 4 aromatic rings. The molecule has 1 saturated carbocycles. The van der Waals surface area contributed by atoms with Crippen LogP contribution in [0.15, 0.2) is 49.1 Å². The van der Waals surface area contributed by atoms with Gasteiger partial charge in [-0.25, -0.2) is 19.2 Å². The summed E-state index contributed by atoms with van der Waals surface area (Å²) in [6.45, 7) is 7.44. The minimum absolute atomic E-state index is 0.0369. The summed E-state index contributed by atoms with van der Waals surface area (Å²) in [6.07, 6.45) is -2.46. The number of carbonyl (C=O) groups is 1. The van der Waals surface area contributed by atoms with Crippen molar-refractivity contribution in [2.24, 2.45) is 0 Å². The number of benzene rings is 2. The Kier molecular flexibility index (Phi) is 7.57. The number of hydrogen-bond acceptors (Lipinski definition) is 8. The predicted molar refractivity (Wildman–Crippen MR) is 152 cm³/mol. The molecule has 0 spiro atoms. The predicted octanol–water partition coefficient (Wildman–Crippen LogP) is 5.57. The first-order chi connectivity index (χ1) is 20.9. The van der Waals surface area contributed by atoms with E-state index in [4.69, 9.17) is 19.0 Å². The van der Waals surface area contributed by atoms with Crippen LogP contribution < -0.4 is 24.9 Å². The fourth-order valence-corrected chi connectivity index (χ4v) is 5.58. The summed E-state index contributed by atoms with van der Waals surface area (Å²) in [4.78, 5) is 30.9. The number of anilines is 1. The molecule has 6 rings (SSSR count). The Morgan fingerprint density at radius 2 is 1.93 bits per heavy atom. The molecule has 2 N–H and O–H groups in total. The number of hydrogen-bond donors (Lipinski definition) is 2. The number of alkyl halides is 3. The normalized spacial score (nSPS) is 18.8. The second kappa shape index (κ2) is 11.2. The first-order valence-corrected chi connectivity index (χ1v) is 17.4. The molecule has 2 aromatic carbocycles. The maximum atomic E-state index is 13.6. The fourth-order valence-electron chi connectivity index (χ4n) is 4.82. The lowest BCUT2D eigenvalue weighted by molar-refractivity contribution is -0.139. The van der Waals surface area contributed by atoms with E-state index in [-0.39, 0.29) is 30.4 Å². The van der Waals surface area contributed by atoms with Crippen molar-refractivity contribution in [2.75, 3.05) is 18.7 Å². The number of urea groups is 1. The third kappa shape index (κ3) is 6.26. The lowest BCUT2D eigenvalue weighted by Crippen LogP contribution is -2.34. The van der Waals surface area contributed by atoms with Crippen LogP contribution in [-0.2, 0) is 10.9 Å². The van der Waals surface area contributed by atoms with Gasteiger partial charge in [0.2, 0.25) is 12.4 Å². The molecule has 2 amide bonds. The van der Waals surface area contributed by atoms with Gasteiger partial charge in [-0.15, -0.1) is 4.73 Å². The molecular weight excluding hydrogens is 604 g/mol. The quantitative estimate of drug-likeness (QED) is 0.101. The van der Waals surface area contributed by atoms with Crippen molar-refractivity contribution in [3.8, 4) is 17.4 Å². The number of carbonyl (C=O) groups excluding carboxylic acids is 1. The number of imidazole rings is 1. The zero-order chi connectivity index (χ0) is 31.2. The Balaban J connectivity index is 1.08. The van der Waals surface area contributed by atoms with Gasteiger partial charge in [0, 0.05) is 25.9 Å². The van der Waals surface area contributed by atoms with Gasteiger partial charge in [0.25, 0.3) is 5.88 Å². The van der Waals surface area contributed by atoms with Crippen molar-refractivity contribution in [3.05, 3.63) is 66.0 Å². The summed E-state index contributed by atoms with van der Waals surface area (Å²) in [5.41, 5.74) is -0.104. The second-order valence-electron chi connectivity index (χ2n) is 11.6. The Morgan fingerprint density at radius 1 is 1.11 bits per heavy atom. The van der Waals surface area contributed by atoms with Crippen LogP contribution in [0.5, 0.6) is 17.4 Å². The van der Waals surface area contributed by atoms with Crippen LogP contribution in [0.4, 0.5) is 28.0 Å². The summed E-state index contributed by atoms with van der Waals surface area (Å²) < 4.78 is 71.5. The molecule has 2 aliphatic rings. The van der Waals surface area contributed by atoms with Gasteiger partial charge in [-0.1, -0.05) is 19.6 Å². The Labute approximate surface area is 249 Å². The Hall–Kier alpha value is -4.44. The van der Waals surface area contributed by atoms with E-state index in [1.54, 1.807) is 18.2 Å². The molecule has 1 aliphatic carbocycles. The van der Waals surface area contributed by atoms with Crippen molar-refractivity contribution in [1.82, 2.24) is 25.0 Å². The number of nitrogens with one attached hydrogen (secondary N) is 2. The number of ether oxygens (including phenoxy) is 3. The highest BCUT2D eigenvalue weighted by molar-refractivity contribution is 6.76. The van der Waals surface area contributed by atoms with E-state index in [0.717, 1.165) is 17.7 Å². The minimum atomic E-state index is -4.89. The smallest absolute Gasteiger partial charge is 0.419 e. The van der Waals surface area contributed by atoms with Crippen LogP contribution in [0, 0.1) is 5.82 Å². The third-order valence-electron chi connectivity index (χ3n) is 7.14. The van der Waals surface area contributed by atoms with Gasteiger partial charge >= 0.3 is 12.2 Å². The van der Waals surface area contributed by atoms with E-state index in [9.17, 15) is 22.4 Å². The van der Waals surface area contributed by atoms with Gasteiger partial charge < -0.3 is 29.7 Å². The van der Waals surface area contributed by atoms with Gasteiger partial charge in [-0.3, -0.25) is 0 Å². The number of fused-ring (bicyclic) bond motifs is 4. The summed E-state index contributed by atoms with van der Waals surface area (Å²) in [5, 5.41) is 5.02. The van der Waals surface area contributed by atoms with Gasteiger partial charge in [-0.2, -0.15) is 18.2 Å². The zero-order valence-electron chi connectivity index (χ0n) is 23.8. The zero-order valence-corrected chi connectivity index (χ0v) is 24.8. The highest BCUT2D eigenvalue weighted by Crippen LogP contribution is 2.54. The van der Waals surface area contributed by atoms with Gasteiger partial charge in [-0.05, 0) is 42.4 Å². The average Bonchev–Trinajstić information content (AvgIpc) is 3.25. The summed E-state index contributed by atoms with van der Waals surface area (Å²) in [5.74, 6) is -0.351. The SMILES string of the molecule is C[Si](C)(C)CCOCOn1cnc2c(Oc3ccc4c(c3)[C@H]3[C@H](NC(=O)Nc5ccc(F)c(C(F)(F)F)c5)[C@H]3O4)ncnc21. The fraction of sp³-hybridized carbons (Fsp3) is 0.357. The number of rotatable bonds is 10. The lowest BCUT2D eigenvalue weighted by atomic mass is 10.1. The second-order valence-corrected chi connectivity index (χ2v) is 17.2. The first kappa shape index (κ1) is 29.6. The van der Waals surface area contributed by atoms with Crippen molar-refractivity contribution in [2.45, 2.75) is 49.9 Å². The van der Waals surface area contributed by atoms with E-state index >= 15 is 0 Å². The molecule has 2 aromatic heterocycles. The maximum absolute atomic E-state index is 13.6. The molecule has 3 atom stereocenters. The number of amides is 2. The molecule has 3 heterocycles. The van der Waals surface area contributed by atoms with E-state index in [1.165, 1.54) is 17.4 Å². The molecular formula is C28H28F4N6O5Si. The number of nitrogens with zero attached hydrogens (tertiary/aromatic N) is 4. The summed E-state index contributed by atoms with van der Waals surface area (Å²) in [6, 6.07) is 7.30. The number of aromatic nitrogens is 4. The maximum Gasteiger partial charge on any atom is 0.419 e. The van der Waals surface area contributed by atoms with Crippen LogP contribution >= 0.6 is 0 Å². The highest BCUT2D eigenvalue weighted by atomic mass is 28.3. The monoisotopic (exact) mass is 632 g/mol. The van der Waals surface area contributed by atoms with Gasteiger partial charge in [0.05, 0.1) is 17.5 Å². The highest BCUT2D eigenvalue weighted by Gasteiger charge is 2.59. The van der Waals surface area contributed by atoms with E-state index in [0.29, 0.717) is 41.4 Å². The molecule has 1 aliphatic heterocycles. The van der Waals surface area contributed by atoms with Gasteiger partial charge in [0.1, 0.15) is 36.1 Å². The molecule has 44 heavy (non-hydrogen) atoms. The Bertz CT molecular complexity index is 1710. The molecule has 0 bridgehead atoms. The summed E-state index contributed by atoms with van der Waals surface area (Å²) in [7, 11) is -1.21. The van der Waals surface area contributed by atoms with Crippen LogP contribution in [-0.4, -0.2) is 59.3 Å².